The summed E-state index contributed by atoms with van der Waals surface area (Å²) in [5, 5.41) is 3.34. The Kier molecular flexibility index (Phi) is 5.98. The number of fused-ring (bicyclic) bond motifs is 1. The van der Waals surface area contributed by atoms with Gasteiger partial charge in [-0.15, -0.1) is 0 Å². The van der Waals surface area contributed by atoms with E-state index in [1.807, 2.05) is 0 Å². The van der Waals surface area contributed by atoms with Gasteiger partial charge in [-0.2, -0.15) is 13.2 Å². The Hall–Kier alpha value is -2.09. The van der Waals surface area contributed by atoms with Gasteiger partial charge in [0.15, 0.2) is 0 Å². The van der Waals surface area contributed by atoms with Gasteiger partial charge < -0.3 is 14.8 Å². The van der Waals surface area contributed by atoms with Crippen molar-refractivity contribution >= 4 is 16.9 Å². The van der Waals surface area contributed by atoms with Crippen molar-refractivity contribution in [2.75, 3.05) is 26.2 Å². The minimum atomic E-state index is -4.54. The van der Waals surface area contributed by atoms with Crippen molar-refractivity contribution in [1.82, 2.24) is 19.8 Å². The largest absolute Gasteiger partial charge is 0.449 e. The molecule has 0 aliphatic carbocycles. The predicted molar refractivity (Wildman–Crippen MR) is 102 cm³/mol. The van der Waals surface area contributed by atoms with Gasteiger partial charge in [0.05, 0.1) is 11.0 Å². The SMILES string of the molecule is CCNCC1CCN(C(=O)c2ccc3c(c2)nc(C(F)(F)F)n3C(C)C)CC1. The summed E-state index contributed by atoms with van der Waals surface area (Å²) in [6, 6.07) is 4.27. The van der Waals surface area contributed by atoms with Gasteiger partial charge in [-0.3, -0.25) is 4.79 Å². The number of aromatic nitrogens is 2. The second kappa shape index (κ2) is 8.11. The first-order chi connectivity index (χ1) is 13.2. The summed E-state index contributed by atoms with van der Waals surface area (Å²) in [6.45, 7) is 8.67. The molecule has 0 unspecified atom stereocenters. The average molecular weight is 396 g/mol. The highest BCUT2D eigenvalue weighted by Gasteiger charge is 2.38. The first kappa shape index (κ1) is 20.6. The van der Waals surface area contributed by atoms with Gasteiger partial charge in [0.25, 0.3) is 5.91 Å². The van der Waals surface area contributed by atoms with E-state index in [2.05, 4.69) is 17.2 Å². The fourth-order valence-electron chi connectivity index (χ4n) is 3.83. The second-order valence-electron chi connectivity index (χ2n) is 7.64. The van der Waals surface area contributed by atoms with Crippen LogP contribution in [0.25, 0.3) is 11.0 Å². The molecule has 5 nitrogen and oxygen atoms in total. The zero-order valence-electron chi connectivity index (χ0n) is 16.5. The quantitative estimate of drug-likeness (QED) is 0.828. The van der Waals surface area contributed by atoms with Crippen molar-refractivity contribution in [2.24, 2.45) is 5.92 Å². The number of alkyl halides is 3. The van der Waals surface area contributed by atoms with E-state index >= 15 is 0 Å². The first-order valence-electron chi connectivity index (χ1n) is 9.81. The average Bonchev–Trinajstić information content (AvgIpc) is 3.05. The molecule has 1 aliphatic heterocycles. The maximum absolute atomic E-state index is 13.4. The van der Waals surface area contributed by atoms with Crippen LogP contribution in [0.1, 0.15) is 55.8 Å². The molecule has 28 heavy (non-hydrogen) atoms. The van der Waals surface area contributed by atoms with Crippen molar-refractivity contribution in [3.8, 4) is 0 Å². The summed E-state index contributed by atoms with van der Waals surface area (Å²) >= 11 is 0. The lowest BCUT2D eigenvalue weighted by Crippen LogP contribution is -2.40. The minimum Gasteiger partial charge on any atom is -0.339 e. The summed E-state index contributed by atoms with van der Waals surface area (Å²) < 4.78 is 41.3. The van der Waals surface area contributed by atoms with E-state index in [4.69, 9.17) is 0 Å². The van der Waals surface area contributed by atoms with E-state index in [9.17, 15) is 18.0 Å². The number of hydrogen-bond donors (Lipinski definition) is 1. The number of carbonyl (C=O) groups excluding carboxylic acids is 1. The van der Waals surface area contributed by atoms with Crippen LogP contribution in [-0.2, 0) is 6.18 Å². The van der Waals surface area contributed by atoms with Crippen LogP contribution >= 0.6 is 0 Å². The van der Waals surface area contributed by atoms with Crippen LogP contribution in [0.4, 0.5) is 13.2 Å². The fraction of sp³-hybridized carbons (Fsp3) is 0.600. The molecule has 2 heterocycles. The molecule has 1 saturated heterocycles. The van der Waals surface area contributed by atoms with E-state index in [0.717, 1.165) is 25.9 Å². The van der Waals surface area contributed by atoms with Gasteiger partial charge in [-0.25, -0.2) is 4.98 Å². The number of nitrogens with zero attached hydrogens (tertiary/aromatic N) is 3. The summed E-state index contributed by atoms with van der Waals surface area (Å²) in [4.78, 5) is 18.4. The molecular formula is C20H27F3N4O. The number of likely N-dealkylation sites (tertiary alicyclic amines) is 1. The van der Waals surface area contributed by atoms with E-state index in [0.29, 0.717) is 30.1 Å². The summed E-state index contributed by atoms with van der Waals surface area (Å²) in [7, 11) is 0. The molecular weight excluding hydrogens is 369 g/mol. The molecule has 0 saturated carbocycles. The molecule has 1 aromatic carbocycles. The monoisotopic (exact) mass is 396 g/mol. The van der Waals surface area contributed by atoms with Crippen molar-refractivity contribution in [3.63, 3.8) is 0 Å². The lowest BCUT2D eigenvalue weighted by molar-refractivity contribution is -0.147. The Morgan fingerprint density at radius 3 is 2.54 bits per heavy atom. The molecule has 1 fully saturated rings. The molecule has 1 amide bonds. The fourth-order valence-corrected chi connectivity index (χ4v) is 3.83. The van der Waals surface area contributed by atoms with Gasteiger partial charge in [0, 0.05) is 24.7 Å². The van der Waals surface area contributed by atoms with Crippen LogP contribution in [-0.4, -0.2) is 46.5 Å². The Labute approximate surface area is 162 Å². The molecule has 1 N–H and O–H groups in total. The summed E-state index contributed by atoms with van der Waals surface area (Å²) in [5.41, 5.74) is 0.983. The maximum atomic E-state index is 13.4. The van der Waals surface area contributed by atoms with E-state index in [-0.39, 0.29) is 17.5 Å². The van der Waals surface area contributed by atoms with Crippen LogP contribution in [0.3, 0.4) is 0 Å². The molecule has 8 heteroatoms. The molecule has 0 radical (unpaired) electrons. The molecule has 1 aliphatic rings. The topological polar surface area (TPSA) is 50.2 Å². The van der Waals surface area contributed by atoms with Crippen molar-refractivity contribution in [3.05, 3.63) is 29.6 Å². The zero-order valence-corrected chi connectivity index (χ0v) is 16.5. The highest BCUT2D eigenvalue weighted by Crippen LogP contribution is 2.34. The number of hydrogen-bond acceptors (Lipinski definition) is 3. The molecule has 2 aromatic rings. The number of amides is 1. The number of piperidine rings is 1. The molecule has 0 atom stereocenters. The van der Waals surface area contributed by atoms with E-state index in [1.54, 1.807) is 30.9 Å². The third kappa shape index (κ3) is 4.16. The predicted octanol–water partition coefficient (Wildman–Crippen LogP) is 4.10. The van der Waals surface area contributed by atoms with E-state index < -0.39 is 12.0 Å². The molecule has 154 valence electrons. The van der Waals surface area contributed by atoms with Gasteiger partial charge in [-0.1, -0.05) is 6.92 Å². The first-order valence-corrected chi connectivity index (χ1v) is 9.81. The highest BCUT2D eigenvalue weighted by molar-refractivity contribution is 5.97. The molecule has 3 rings (SSSR count). The van der Waals surface area contributed by atoms with Crippen LogP contribution in [0.15, 0.2) is 18.2 Å². The van der Waals surface area contributed by atoms with Crippen molar-refractivity contribution < 1.29 is 18.0 Å². The molecule has 0 bridgehead atoms. The molecule has 1 aromatic heterocycles. The van der Waals surface area contributed by atoms with Crippen molar-refractivity contribution in [1.29, 1.82) is 0 Å². The standard InChI is InChI=1S/C20H27F3N4O/c1-4-24-12-14-7-9-26(10-8-14)18(28)15-5-6-17-16(11-15)25-19(20(21,22)23)27(17)13(2)3/h5-6,11,13-14,24H,4,7-10,12H2,1-3H3. The highest BCUT2D eigenvalue weighted by atomic mass is 19.4. The Morgan fingerprint density at radius 2 is 1.96 bits per heavy atom. The smallest absolute Gasteiger partial charge is 0.339 e. The third-order valence-electron chi connectivity index (χ3n) is 5.29. The summed E-state index contributed by atoms with van der Waals surface area (Å²) in [5.74, 6) is -0.509. The zero-order chi connectivity index (χ0) is 20.5. The Morgan fingerprint density at radius 1 is 1.29 bits per heavy atom. The number of imidazole rings is 1. The molecule has 0 spiro atoms. The number of carbonyl (C=O) groups is 1. The van der Waals surface area contributed by atoms with Gasteiger partial charge in [-0.05, 0) is 63.9 Å². The third-order valence-corrected chi connectivity index (χ3v) is 5.29. The Balaban J connectivity index is 1.82. The van der Waals surface area contributed by atoms with Crippen LogP contribution in [0.2, 0.25) is 0 Å². The normalized spacial score (nSPS) is 16.3. The van der Waals surface area contributed by atoms with Crippen molar-refractivity contribution in [2.45, 2.75) is 45.8 Å². The van der Waals surface area contributed by atoms with Crippen LogP contribution in [0, 0.1) is 5.92 Å². The van der Waals surface area contributed by atoms with E-state index in [1.165, 1.54) is 10.6 Å². The van der Waals surface area contributed by atoms with Gasteiger partial charge in [0.2, 0.25) is 5.82 Å². The number of nitrogens with one attached hydrogen (secondary N) is 1. The lowest BCUT2D eigenvalue weighted by Gasteiger charge is -2.32. The maximum Gasteiger partial charge on any atom is 0.449 e. The van der Waals surface area contributed by atoms with Gasteiger partial charge >= 0.3 is 6.18 Å². The summed E-state index contributed by atoms with van der Waals surface area (Å²) in [6.07, 6.45) is -2.68. The van der Waals surface area contributed by atoms with Crippen LogP contribution < -0.4 is 5.32 Å². The Bertz CT molecular complexity index is 836. The minimum absolute atomic E-state index is 0.142. The lowest BCUT2D eigenvalue weighted by atomic mass is 9.96. The van der Waals surface area contributed by atoms with Gasteiger partial charge in [0.1, 0.15) is 0 Å². The number of rotatable bonds is 5. The second-order valence-corrected chi connectivity index (χ2v) is 7.64. The number of halogens is 3. The number of benzene rings is 1. The van der Waals surface area contributed by atoms with Crippen LogP contribution in [0.5, 0.6) is 0 Å².